The number of β-lactam (4-membered cyclic amide) rings is 2. The fourth-order valence-corrected chi connectivity index (χ4v) is 5.67. The van der Waals surface area contributed by atoms with Crippen molar-refractivity contribution >= 4 is 46.7 Å². The molecule has 2 unspecified atom stereocenters. The Morgan fingerprint density at radius 1 is 0.953 bits per heavy atom. The number of aliphatic hydroxyl groups is 2. The van der Waals surface area contributed by atoms with Crippen LogP contribution in [0.5, 0.6) is 0 Å². The first kappa shape index (κ1) is 29.9. The summed E-state index contributed by atoms with van der Waals surface area (Å²) in [6.07, 6.45) is 2.42. The second kappa shape index (κ2) is 11.6. The normalized spacial score (nSPS) is 23.7. The molecule has 2 aromatic carbocycles. The van der Waals surface area contributed by atoms with E-state index in [2.05, 4.69) is 0 Å². The van der Waals surface area contributed by atoms with Gasteiger partial charge in [0, 0.05) is 43.3 Å². The van der Waals surface area contributed by atoms with Gasteiger partial charge in [-0.15, -0.1) is 0 Å². The van der Waals surface area contributed by atoms with E-state index in [0.29, 0.717) is 34.6 Å². The highest BCUT2D eigenvalue weighted by Gasteiger charge is 2.53. The van der Waals surface area contributed by atoms with Gasteiger partial charge in [0.05, 0.1) is 25.1 Å². The van der Waals surface area contributed by atoms with Gasteiger partial charge in [0.1, 0.15) is 0 Å². The molecule has 3 amide bonds. The van der Waals surface area contributed by atoms with Gasteiger partial charge in [0.2, 0.25) is 11.8 Å². The summed E-state index contributed by atoms with van der Waals surface area (Å²) in [7, 11) is 0. The number of hydrogen-bond donors (Lipinski definition) is 2. The van der Waals surface area contributed by atoms with Crippen LogP contribution in [0, 0.1) is 5.92 Å². The van der Waals surface area contributed by atoms with E-state index in [0.717, 1.165) is 0 Å². The summed E-state index contributed by atoms with van der Waals surface area (Å²) >= 11 is 0. The van der Waals surface area contributed by atoms with Crippen LogP contribution in [0.15, 0.2) is 54.6 Å². The fourth-order valence-electron chi connectivity index (χ4n) is 5.67. The van der Waals surface area contributed by atoms with Gasteiger partial charge in [-0.05, 0) is 42.3 Å². The first-order chi connectivity index (χ1) is 20.4. The number of hydrogen-bond acceptors (Lipinski definition) is 9. The maximum absolute atomic E-state index is 14.0. The average Bonchev–Trinajstić information content (AvgIpc) is 3.15. The molecule has 2 fully saturated rings. The van der Waals surface area contributed by atoms with Crippen molar-refractivity contribution in [1.82, 2.24) is 0 Å². The van der Waals surface area contributed by atoms with E-state index in [1.807, 2.05) is 0 Å². The zero-order chi connectivity index (χ0) is 31.1. The Labute approximate surface area is 248 Å². The Bertz CT molecular complexity index is 1500. The highest BCUT2D eigenvalue weighted by molar-refractivity contribution is 6.08. The number of fused-ring (bicyclic) bond motifs is 1. The number of nitrogens with zero attached hydrogens (tertiary/aromatic N) is 3. The number of carbonyl (C=O) groups excluding carboxylic acids is 5. The van der Waals surface area contributed by atoms with Gasteiger partial charge in [-0.2, -0.15) is 0 Å². The van der Waals surface area contributed by atoms with Gasteiger partial charge in [-0.3, -0.25) is 33.8 Å². The van der Waals surface area contributed by atoms with Crippen LogP contribution in [0.2, 0.25) is 0 Å². The van der Waals surface area contributed by atoms with E-state index in [1.54, 1.807) is 61.5 Å². The molecular formula is C31H33N3O9. The summed E-state index contributed by atoms with van der Waals surface area (Å²) in [6.45, 7) is 4.24. The molecule has 2 N–H and O–H groups in total. The molecule has 0 bridgehead atoms. The minimum Gasteiger partial charge on any atom is -0.441 e. The second-order valence-corrected chi connectivity index (χ2v) is 10.8. The number of esters is 2. The lowest BCUT2D eigenvalue weighted by molar-refractivity contribution is -0.155. The summed E-state index contributed by atoms with van der Waals surface area (Å²) in [5.74, 6) is -2.71. The Balaban J connectivity index is 1.45. The molecule has 2 aromatic rings. The Hall–Kier alpha value is -4.55. The minimum atomic E-state index is -1.98. The summed E-state index contributed by atoms with van der Waals surface area (Å²) in [5.41, 5.74) is 0.405. The smallest absolute Gasteiger partial charge is 0.304 e. The molecule has 0 aliphatic carbocycles. The van der Waals surface area contributed by atoms with Gasteiger partial charge in [0.25, 0.3) is 5.91 Å². The van der Waals surface area contributed by atoms with Crippen LogP contribution in [-0.4, -0.2) is 58.9 Å². The lowest BCUT2D eigenvalue weighted by Crippen LogP contribution is -2.55. The molecule has 0 saturated carbocycles. The van der Waals surface area contributed by atoms with Crippen molar-refractivity contribution in [3.05, 3.63) is 65.7 Å². The topological polar surface area (TPSA) is 154 Å². The number of carbonyl (C=O) groups is 5. The van der Waals surface area contributed by atoms with Crippen LogP contribution in [0.25, 0.3) is 0 Å². The molecule has 5 rings (SSSR count). The van der Waals surface area contributed by atoms with E-state index in [4.69, 9.17) is 9.47 Å². The molecular weight excluding hydrogens is 558 g/mol. The zero-order valence-electron chi connectivity index (χ0n) is 24.1. The Morgan fingerprint density at radius 3 is 2.05 bits per heavy atom. The summed E-state index contributed by atoms with van der Waals surface area (Å²) in [6, 6.07) is 11.8. The van der Waals surface area contributed by atoms with Crippen molar-refractivity contribution in [2.45, 2.75) is 64.6 Å². The van der Waals surface area contributed by atoms with Gasteiger partial charge >= 0.3 is 11.9 Å². The predicted octanol–water partition coefficient (Wildman–Crippen LogP) is 2.25. The third-order valence-electron chi connectivity index (χ3n) is 7.88. The summed E-state index contributed by atoms with van der Waals surface area (Å²) < 4.78 is 10.4. The van der Waals surface area contributed by atoms with Gasteiger partial charge in [-0.25, -0.2) is 0 Å². The second-order valence-electron chi connectivity index (χ2n) is 10.8. The highest BCUT2D eigenvalue weighted by atomic mass is 16.6. The minimum absolute atomic E-state index is 0.0347. The Morgan fingerprint density at radius 2 is 1.51 bits per heavy atom. The number of benzene rings is 2. The third-order valence-corrected chi connectivity index (χ3v) is 7.88. The number of rotatable bonds is 10. The lowest BCUT2D eigenvalue weighted by atomic mass is 9.82. The van der Waals surface area contributed by atoms with Crippen molar-refractivity contribution in [2.24, 2.45) is 5.92 Å². The number of anilines is 3. The van der Waals surface area contributed by atoms with Crippen molar-refractivity contribution in [2.75, 3.05) is 21.3 Å². The van der Waals surface area contributed by atoms with Gasteiger partial charge < -0.3 is 24.6 Å². The highest BCUT2D eigenvalue weighted by Crippen LogP contribution is 2.48. The predicted molar refractivity (Wildman–Crippen MR) is 153 cm³/mol. The van der Waals surface area contributed by atoms with Crippen molar-refractivity contribution in [3.63, 3.8) is 0 Å². The number of ether oxygens (including phenoxy) is 2. The molecule has 0 spiro atoms. The standard InChI is InChI=1S/C31H33N3O9/c1-18(6-4-5-13-35)31(41)24-14-23(34-27(39)16-29(34)43-20(3)37)11-12-25(24)32(30(31)40)17-21-7-9-22(10-8-21)33-26(38)15-28(33)42-19(2)36/h4,6-12,14,18,28-29,35,41H,5,13,15-17H2,1-3H3/b6-4+/t18-,28?,29?,31+/m0/s1. The fraction of sp³-hybridized carbons (Fsp3) is 0.387. The SMILES string of the molecule is CC(=O)OC1CC(=O)N1c1ccc(CN2C(=O)[C@@](O)([C@@H](C)/C=C/CCO)c3cc(N4C(=O)CC4OC(C)=O)ccc32)cc1. The third kappa shape index (κ3) is 5.39. The van der Waals surface area contributed by atoms with Crippen LogP contribution < -0.4 is 14.7 Å². The van der Waals surface area contributed by atoms with Gasteiger partial charge in [0.15, 0.2) is 18.1 Å². The van der Waals surface area contributed by atoms with Gasteiger partial charge in [-0.1, -0.05) is 31.2 Å². The first-order valence-corrected chi connectivity index (χ1v) is 14.0. The molecule has 226 valence electrons. The van der Waals surface area contributed by atoms with Crippen molar-refractivity contribution < 1.29 is 43.7 Å². The van der Waals surface area contributed by atoms with E-state index in [9.17, 15) is 34.2 Å². The van der Waals surface area contributed by atoms with Crippen LogP contribution in [0.4, 0.5) is 17.1 Å². The quantitative estimate of drug-likeness (QED) is 0.241. The van der Waals surface area contributed by atoms with Crippen molar-refractivity contribution in [3.8, 4) is 0 Å². The molecule has 3 aliphatic rings. The maximum Gasteiger partial charge on any atom is 0.304 e. The summed E-state index contributed by atoms with van der Waals surface area (Å²) in [4.78, 5) is 65.7. The molecule has 4 atom stereocenters. The maximum atomic E-state index is 14.0. The molecule has 12 nitrogen and oxygen atoms in total. The summed E-state index contributed by atoms with van der Waals surface area (Å²) in [5, 5.41) is 21.2. The lowest BCUT2D eigenvalue weighted by Gasteiger charge is -2.39. The molecule has 3 heterocycles. The number of aliphatic hydroxyl groups excluding tert-OH is 1. The number of amides is 3. The molecule has 12 heteroatoms. The molecule has 43 heavy (non-hydrogen) atoms. The monoisotopic (exact) mass is 591 g/mol. The van der Waals surface area contributed by atoms with Crippen molar-refractivity contribution in [1.29, 1.82) is 0 Å². The zero-order valence-corrected chi connectivity index (χ0v) is 24.1. The molecule has 3 aliphatic heterocycles. The van der Waals surface area contributed by atoms with Crippen LogP contribution in [-0.2, 0) is 45.6 Å². The van der Waals surface area contributed by atoms with E-state index in [1.165, 1.54) is 28.5 Å². The van der Waals surface area contributed by atoms with Crippen LogP contribution in [0.3, 0.4) is 0 Å². The van der Waals surface area contributed by atoms with E-state index in [-0.39, 0.29) is 37.8 Å². The average molecular weight is 592 g/mol. The van der Waals surface area contributed by atoms with Crippen LogP contribution >= 0.6 is 0 Å². The Kier molecular flexibility index (Phi) is 8.08. The van der Waals surface area contributed by atoms with E-state index < -0.39 is 41.8 Å². The van der Waals surface area contributed by atoms with E-state index >= 15 is 0 Å². The first-order valence-electron chi connectivity index (χ1n) is 14.0. The molecule has 0 aromatic heterocycles. The molecule has 0 radical (unpaired) electrons. The molecule has 2 saturated heterocycles. The largest absolute Gasteiger partial charge is 0.441 e. The van der Waals surface area contributed by atoms with Crippen LogP contribution in [0.1, 0.15) is 51.2 Å².